The van der Waals surface area contributed by atoms with E-state index in [2.05, 4.69) is 143 Å². The van der Waals surface area contributed by atoms with Crippen LogP contribution in [0.3, 0.4) is 0 Å². The second-order valence-corrected chi connectivity index (χ2v) is 10.7. The molecule has 1 heteroatoms. The molecule has 0 fully saturated rings. The van der Waals surface area contributed by atoms with E-state index in [9.17, 15) is 0 Å². The predicted molar refractivity (Wildman–Crippen MR) is 162 cm³/mol. The third-order valence-electron chi connectivity index (χ3n) is 7.83. The number of benzene rings is 7. The van der Waals surface area contributed by atoms with Crippen LogP contribution in [-0.2, 0) is 0 Å². The topological polar surface area (TPSA) is 0 Å². The van der Waals surface area contributed by atoms with E-state index in [0.29, 0.717) is 0 Å². The molecule has 0 aliphatic heterocycles. The van der Waals surface area contributed by atoms with Crippen LogP contribution in [0.15, 0.2) is 132 Å². The van der Waals surface area contributed by atoms with Crippen LogP contribution in [0, 0.1) is 0 Å². The molecule has 0 radical (unpaired) electrons. The lowest BCUT2D eigenvalue weighted by Crippen LogP contribution is -1.94. The van der Waals surface area contributed by atoms with E-state index in [1.165, 1.54) is 76.8 Å². The molecule has 0 N–H and O–H groups in total. The van der Waals surface area contributed by atoms with Gasteiger partial charge in [0, 0.05) is 4.47 Å². The van der Waals surface area contributed by atoms with E-state index in [-0.39, 0.29) is 0 Å². The van der Waals surface area contributed by atoms with Crippen LogP contribution < -0.4 is 0 Å². The Morgan fingerprint density at radius 3 is 1.46 bits per heavy atom. The summed E-state index contributed by atoms with van der Waals surface area (Å²) in [5, 5.41) is 7.72. The molecule has 8 rings (SSSR count). The van der Waals surface area contributed by atoms with Crippen molar-refractivity contribution in [3.8, 4) is 44.5 Å². The van der Waals surface area contributed by atoms with Crippen molar-refractivity contribution in [3.05, 3.63) is 132 Å². The van der Waals surface area contributed by atoms with Gasteiger partial charge in [-0.2, -0.15) is 0 Å². The second-order valence-electron chi connectivity index (χ2n) is 9.80. The lowest BCUT2D eigenvalue weighted by molar-refractivity contribution is 1.63. The van der Waals surface area contributed by atoms with Crippen molar-refractivity contribution in [3.63, 3.8) is 0 Å². The largest absolute Gasteiger partial charge is 0.0622 e. The predicted octanol–water partition coefficient (Wildman–Crippen LogP) is 10.9. The first kappa shape index (κ1) is 20.9. The Bertz CT molecular complexity index is 1910. The molecule has 0 bridgehead atoms. The van der Waals surface area contributed by atoms with Gasteiger partial charge in [-0.3, -0.25) is 0 Å². The van der Waals surface area contributed by atoms with Gasteiger partial charge in [-0.15, -0.1) is 0 Å². The van der Waals surface area contributed by atoms with Gasteiger partial charge in [-0.05, 0) is 95.0 Å². The molecule has 0 aromatic heterocycles. The molecule has 0 atom stereocenters. The van der Waals surface area contributed by atoms with E-state index in [0.717, 1.165) is 4.47 Å². The molecule has 0 saturated heterocycles. The summed E-state index contributed by atoms with van der Waals surface area (Å²) < 4.78 is 1.14. The fourth-order valence-electron chi connectivity index (χ4n) is 6.31. The monoisotopic (exact) mass is 532 g/mol. The summed E-state index contributed by atoms with van der Waals surface area (Å²) in [5.41, 5.74) is 10.4. The fourth-order valence-corrected chi connectivity index (χ4v) is 6.77. The van der Waals surface area contributed by atoms with Crippen molar-refractivity contribution < 1.29 is 0 Å². The first-order valence-corrected chi connectivity index (χ1v) is 13.4. The molecule has 0 amide bonds. The molecule has 0 unspecified atom stereocenters. The highest BCUT2D eigenvalue weighted by Gasteiger charge is 2.30. The van der Waals surface area contributed by atoms with E-state index < -0.39 is 0 Å². The van der Waals surface area contributed by atoms with E-state index >= 15 is 0 Å². The Morgan fingerprint density at radius 2 is 0.892 bits per heavy atom. The van der Waals surface area contributed by atoms with Crippen LogP contribution >= 0.6 is 15.9 Å². The Balaban J connectivity index is 1.69. The van der Waals surface area contributed by atoms with Crippen LogP contribution in [0.25, 0.3) is 76.8 Å². The maximum atomic E-state index is 3.84. The maximum absolute atomic E-state index is 3.84. The molecule has 0 spiro atoms. The van der Waals surface area contributed by atoms with Crippen molar-refractivity contribution in [2.75, 3.05) is 0 Å². The highest BCUT2D eigenvalue weighted by molar-refractivity contribution is 9.10. The van der Waals surface area contributed by atoms with Gasteiger partial charge in [0.2, 0.25) is 0 Å². The summed E-state index contributed by atoms with van der Waals surface area (Å²) in [6.07, 6.45) is 0. The third-order valence-corrected chi connectivity index (χ3v) is 8.52. The van der Waals surface area contributed by atoms with Crippen molar-refractivity contribution in [2.45, 2.75) is 0 Å². The van der Waals surface area contributed by atoms with Gasteiger partial charge in [0.15, 0.2) is 0 Å². The molecule has 0 saturated carbocycles. The molecular weight excluding hydrogens is 512 g/mol. The molecule has 1 aliphatic carbocycles. The van der Waals surface area contributed by atoms with Crippen molar-refractivity contribution >= 4 is 48.2 Å². The van der Waals surface area contributed by atoms with E-state index in [1.54, 1.807) is 0 Å². The number of hydrogen-bond donors (Lipinski definition) is 0. The zero-order valence-electron chi connectivity index (χ0n) is 20.0. The molecule has 7 aromatic rings. The lowest BCUT2D eigenvalue weighted by atomic mass is 9.82. The molecule has 0 heterocycles. The molecule has 37 heavy (non-hydrogen) atoms. The third kappa shape index (κ3) is 2.95. The van der Waals surface area contributed by atoms with Crippen LogP contribution in [0.4, 0.5) is 0 Å². The molecule has 0 nitrogen and oxygen atoms in total. The SMILES string of the molecule is Brc1ccc2c3c(cccc13)-c1c-2c(-c2ccccc2)c2cc3ccccc3cc2c1-c1ccccc1. The summed E-state index contributed by atoms with van der Waals surface area (Å²) in [4.78, 5) is 0. The Labute approximate surface area is 224 Å². The van der Waals surface area contributed by atoms with E-state index in [1.807, 2.05) is 0 Å². The van der Waals surface area contributed by atoms with Gasteiger partial charge < -0.3 is 0 Å². The number of halogens is 1. The zero-order valence-corrected chi connectivity index (χ0v) is 21.6. The smallest absolute Gasteiger partial charge is 0.0254 e. The van der Waals surface area contributed by atoms with E-state index in [4.69, 9.17) is 0 Å². The summed E-state index contributed by atoms with van der Waals surface area (Å²) >= 11 is 3.84. The first-order chi connectivity index (χ1) is 18.3. The highest BCUT2D eigenvalue weighted by atomic mass is 79.9. The highest BCUT2D eigenvalue weighted by Crippen LogP contribution is 2.58. The normalized spacial score (nSPS) is 11.9. The zero-order chi connectivity index (χ0) is 24.5. The minimum Gasteiger partial charge on any atom is -0.0622 e. The van der Waals surface area contributed by atoms with Crippen molar-refractivity contribution in [1.29, 1.82) is 0 Å². The van der Waals surface area contributed by atoms with Crippen LogP contribution in [0.5, 0.6) is 0 Å². The lowest BCUT2D eigenvalue weighted by Gasteiger charge is -2.21. The van der Waals surface area contributed by atoms with Gasteiger partial charge in [-0.25, -0.2) is 0 Å². The van der Waals surface area contributed by atoms with Crippen molar-refractivity contribution in [1.82, 2.24) is 0 Å². The van der Waals surface area contributed by atoms with Crippen molar-refractivity contribution in [2.24, 2.45) is 0 Å². The summed E-state index contributed by atoms with van der Waals surface area (Å²) in [6, 6.07) is 46.6. The molecule has 7 aromatic carbocycles. The molecule has 172 valence electrons. The number of hydrogen-bond acceptors (Lipinski definition) is 0. The Kier molecular flexibility index (Phi) is 4.47. The number of fused-ring (bicyclic) bond motifs is 5. The van der Waals surface area contributed by atoms with Gasteiger partial charge in [0.05, 0.1) is 0 Å². The fraction of sp³-hybridized carbons (Fsp3) is 0. The Morgan fingerprint density at radius 1 is 0.378 bits per heavy atom. The minimum atomic E-state index is 1.14. The Hall–Kier alpha value is -4.20. The number of rotatable bonds is 2. The van der Waals surface area contributed by atoms with Crippen LogP contribution in [0.2, 0.25) is 0 Å². The van der Waals surface area contributed by atoms with Crippen LogP contribution in [0.1, 0.15) is 0 Å². The summed E-state index contributed by atoms with van der Waals surface area (Å²) in [7, 11) is 0. The van der Waals surface area contributed by atoms with Crippen LogP contribution in [-0.4, -0.2) is 0 Å². The summed E-state index contributed by atoms with van der Waals surface area (Å²) in [6.45, 7) is 0. The quantitative estimate of drug-likeness (QED) is 0.194. The van der Waals surface area contributed by atoms with Gasteiger partial charge in [-0.1, -0.05) is 125 Å². The molecular formula is C36H21Br. The van der Waals surface area contributed by atoms with Gasteiger partial charge in [0.25, 0.3) is 0 Å². The van der Waals surface area contributed by atoms with Gasteiger partial charge in [0.1, 0.15) is 0 Å². The maximum Gasteiger partial charge on any atom is 0.0254 e. The summed E-state index contributed by atoms with van der Waals surface area (Å²) in [5.74, 6) is 0. The molecule has 1 aliphatic rings. The average molecular weight is 533 g/mol. The average Bonchev–Trinajstić information content (AvgIpc) is 3.28. The standard InChI is InChI=1S/C36H21Br/c37-31-19-18-28-34-26(31)16-9-17-27(34)35-32(22-10-3-1-4-11-22)29-20-24-14-7-8-15-25(24)21-30(29)33(36(28)35)23-12-5-2-6-13-23/h1-21H. The first-order valence-electron chi connectivity index (χ1n) is 12.6. The second kappa shape index (κ2) is 7.90. The van der Waals surface area contributed by atoms with Gasteiger partial charge >= 0.3 is 0 Å². The minimum absolute atomic E-state index is 1.14.